The lowest BCUT2D eigenvalue weighted by Gasteiger charge is -1.95. The Morgan fingerprint density at radius 3 is 3.00 bits per heavy atom. The summed E-state index contributed by atoms with van der Waals surface area (Å²) in [5, 5.41) is 3.88. The summed E-state index contributed by atoms with van der Waals surface area (Å²) >= 11 is 1.16. The van der Waals surface area contributed by atoms with Crippen LogP contribution in [0.1, 0.15) is 4.88 Å². The maximum atomic E-state index is 12.5. The van der Waals surface area contributed by atoms with Crippen LogP contribution in [0.4, 0.5) is 4.39 Å². The number of hydrogen-bond donors (Lipinski definition) is 0. The number of thiophene rings is 1. The Hall–Kier alpha value is -1.16. The molecule has 0 spiro atoms. The van der Waals surface area contributed by atoms with Gasteiger partial charge in [-0.3, -0.25) is 4.68 Å². The summed E-state index contributed by atoms with van der Waals surface area (Å²) in [6.45, 7) is 0.654. The van der Waals surface area contributed by atoms with Crippen molar-refractivity contribution in [1.82, 2.24) is 9.78 Å². The maximum absolute atomic E-state index is 12.5. The first kappa shape index (κ1) is 7.49. The molecule has 0 amide bonds. The van der Waals surface area contributed by atoms with Gasteiger partial charge in [-0.05, 0) is 18.2 Å². The van der Waals surface area contributed by atoms with Crippen LogP contribution in [0, 0.1) is 5.13 Å². The van der Waals surface area contributed by atoms with Crippen molar-refractivity contribution in [2.75, 3.05) is 0 Å². The van der Waals surface area contributed by atoms with E-state index in [0.717, 1.165) is 16.2 Å². The number of hydrogen-bond acceptors (Lipinski definition) is 2. The van der Waals surface area contributed by atoms with E-state index >= 15 is 0 Å². The average Bonchev–Trinajstić information content (AvgIpc) is 2.63. The first-order valence-electron chi connectivity index (χ1n) is 3.56. The van der Waals surface area contributed by atoms with E-state index in [-0.39, 0.29) is 5.13 Å². The molecule has 0 aliphatic carbocycles. The van der Waals surface area contributed by atoms with Crippen LogP contribution in [-0.4, -0.2) is 9.78 Å². The molecule has 0 saturated carbocycles. The Bertz CT molecular complexity index is 353. The molecular weight excluding hydrogens is 175 g/mol. The van der Waals surface area contributed by atoms with Crippen LogP contribution in [0.25, 0.3) is 0 Å². The van der Waals surface area contributed by atoms with Crippen molar-refractivity contribution >= 4 is 11.3 Å². The van der Waals surface area contributed by atoms with Gasteiger partial charge in [-0.25, -0.2) is 0 Å². The van der Waals surface area contributed by atoms with Gasteiger partial charge >= 0.3 is 0 Å². The van der Waals surface area contributed by atoms with Crippen LogP contribution in [0.15, 0.2) is 30.6 Å². The Morgan fingerprint density at radius 1 is 1.50 bits per heavy atom. The highest BCUT2D eigenvalue weighted by atomic mass is 32.1. The fourth-order valence-corrected chi connectivity index (χ4v) is 1.71. The van der Waals surface area contributed by atoms with Gasteiger partial charge in [-0.1, -0.05) is 0 Å². The molecule has 0 N–H and O–H groups in total. The second-order valence-electron chi connectivity index (χ2n) is 2.41. The minimum atomic E-state index is -0.142. The van der Waals surface area contributed by atoms with Crippen molar-refractivity contribution in [3.63, 3.8) is 0 Å². The topological polar surface area (TPSA) is 17.8 Å². The molecule has 0 aromatic carbocycles. The third kappa shape index (κ3) is 1.53. The van der Waals surface area contributed by atoms with E-state index in [4.69, 9.17) is 0 Å². The Labute approximate surface area is 73.3 Å². The normalized spacial score (nSPS) is 10.4. The summed E-state index contributed by atoms with van der Waals surface area (Å²) < 4.78 is 14.3. The van der Waals surface area contributed by atoms with Crippen molar-refractivity contribution in [2.45, 2.75) is 6.54 Å². The van der Waals surface area contributed by atoms with Gasteiger partial charge in [0.05, 0.1) is 6.54 Å². The van der Waals surface area contributed by atoms with E-state index in [1.54, 1.807) is 16.9 Å². The van der Waals surface area contributed by atoms with Crippen LogP contribution in [0.5, 0.6) is 0 Å². The Morgan fingerprint density at radius 2 is 2.42 bits per heavy atom. The third-order valence-electron chi connectivity index (χ3n) is 1.51. The summed E-state index contributed by atoms with van der Waals surface area (Å²) in [6, 6.07) is 5.11. The monoisotopic (exact) mass is 182 g/mol. The fourth-order valence-electron chi connectivity index (χ4n) is 0.990. The molecule has 0 fully saturated rings. The summed E-state index contributed by atoms with van der Waals surface area (Å²) in [6.07, 6.45) is 3.57. The molecule has 2 rings (SSSR count). The van der Waals surface area contributed by atoms with Crippen LogP contribution >= 0.6 is 11.3 Å². The molecule has 0 aliphatic rings. The SMILES string of the molecule is Fc1ccc(Cn2cccn2)s1. The maximum Gasteiger partial charge on any atom is 0.176 e. The largest absolute Gasteiger partial charge is 0.268 e. The molecule has 0 saturated heterocycles. The van der Waals surface area contributed by atoms with Gasteiger partial charge in [0, 0.05) is 17.3 Å². The molecule has 0 bridgehead atoms. The molecule has 0 unspecified atom stereocenters. The highest BCUT2D eigenvalue weighted by Gasteiger charge is 1.99. The van der Waals surface area contributed by atoms with Crippen molar-refractivity contribution in [2.24, 2.45) is 0 Å². The van der Waals surface area contributed by atoms with Gasteiger partial charge < -0.3 is 0 Å². The lowest BCUT2D eigenvalue weighted by molar-refractivity contribution is 0.657. The fraction of sp³-hybridized carbons (Fsp3) is 0.125. The highest BCUT2D eigenvalue weighted by molar-refractivity contribution is 7.10. The lowest BCUT2D eigenvalue weighted by atomic mass is 10.5. The van der Waals surface area contributed by atoms with E-state index in [1.165, 1.54) is 6.07 Å². The summed E-state index contributed by atoms with van der Waals surface area (Å²) in [7, 11) is 0. The molecule has 62 valence electrons. The first-order chi connectivity index (χ1) is 5.84. The van der Waals surface area contributed by atoms with Crippen LogP contribution in [0.3, 0.4) is 0 Å². The Balaban J connectivity index is 2.14. The zero-order valence-electron chi connectivity index (χ0n) is 6.27. The molecule has 12 heavy (non-hydrogen) atoms. The van der Waals surface area contributed by atoms with E-state index in [2.05, 4.69) is 5.10 Å². The molecule has 4 heteroatoms. The van der Waals surface area contributed by atoms with Gasteiger partial charge in [0.25, 0.3) is 0 Å². The van der Waals surface area contributed by atoms with Crippen molar-refractivity contribution in [3.8, 4) is 0 Å². The molecule has 0 atom stereocenters. The lowest BCUT2D eigenvalue weighted by Crippen LogP contribution is -1.96. The summed E-state index contributed by atoms with van der Waals surface area (Å²) in [5.41, 5.74) is 0. The average molecular weight is 182 g/mol. The molecule has 2 heterocycles. The standard InChI is InChI=1S/C8H7FN2S/c9-8-3-2-7(12-8)6-11-5-1-4-10-11/h1-5H,6H2. The van der Waals surface area contributed by atoms with Crippen molar-refractivity contribution in [1.29, 1.82) is 0 Å². The zero-order valence-corrected chi connectivity index (χ0v) is 7.09. The van der Waals surface area contributed by atoms with E-state index in [9.17, 15) is 4.39 Å². The van der Waals surface area contributed by atoms with Gasteiger partial charge in [-0.15, -0.1) is 11.3 Å². The van der Waals surface area contributed by atoms with E-state index in [0.29, 0.717) is 6.54 Å². The second kappa shape index (κ2) is 3.06. The first-order valence-corrected chi connectivity index (χ1v) is 4.38. The van der Waals surface area contributed by atoms with Crippen molar-refractivity contribution in [3.05, 3.63) is 40.6 Å². The van der Waals surface area contributed by atoms with E-state index < -0.39 is 0 Å². The van der Waals surface area contributed by atoms with Gasteiger partial charge in [0.1, 0.15) is 0 Å². The quantitative estimate of drug-likeness (QED) is 0.695. The van der Waals surface area contributed by atoms with Crippen LogP contribution in [0.2, 0.25) is 0 Å². The molecule has 2 nitrogen and oxygen atoms in total. The molecule has 2 aromatic rings. The highest BCUT2D eigenvalue weighted by Crippen LogP contribution is 2.14. The number of aromatic nitrogens is 2. The molecule has 2 aromatic heterocycles. The summed E-state index contributed by atoms with van der Waals surface area (Å²) in [5.74, 6) is 0. The van der Waals surface area contributed by atoms with Gasteiger partial charge in [0.15, 0.2) is 5.13 Å². The predicted molar refractivity (Wildman–Crippen MR) is 45.6 cm³/mol. The number of nitrogens with zero attached hydrogens (tertiary/aromatic N) is 2. The molecule has 0 aliphatic heterocycles. The predicted octanol–water partition coefficient (Wildman–Crippen LogP) is 2.13. The van der Waals surface area contributed by atoms with Gasteiger partial charge in [-0.2, -0.15) is 9.49 Å². The zero-order chi connectivity index (χ0) is 8.39. The summed E-state index contributed by atoms with van der Waals surface area (Å²) in [4.78, 5) is 0.983. The smallest absolute Gasteiger partial charge is 0.176 e. The number of halogens is 1. The van der Waals surface area contributed by atoms with E-state index in [1.807, 2.05) is 12.3 Å². The van der Waals surface area contributed by atoms with Crippen molar-refractivity contribution < 1.29 is 4.39 Å². The van der Waals surface area contributed by atoms with Gasteiger partial charge in [0.2, 0.25) is 0 Å². The van der Waals surface area contributed by atoms with Crippen LogP contribution < -0.4 is 0 Å². The number of rotatable bonds is 2. The third-order valence-corrected chi connectivity index (χ3v) is 2.36. The minimum Gasteiger partial charge on any atom is -0.268 e. The second-order valence-corrected chi connectivity index (χ2v) is 3.53. The molecular formula is C8H7FN2S. The minimum absolute atomic E-state index is 0.142. The van der Waals surface area contributed by atoms with Crippen LogP contribution in [-0.2, 0) is 6.54 Å². The Kier molecular flexibility index (Phi) is 1.91. The molecule has 0 radical (unpaired) electrons.